The Hall–Kier alpha value is -3.37. The van der Waals surface area contributed by atoms with E-state index in [-0.39, 0.29) is 5.91 Å². The van der Waals surface area contributed by atoms with Crippen LogP contribution >= 0.6 is 11.6 Å². The summed E-state index contributed by atoms with van der Waals surface area (Å²) in [7, 11) is 0. The summed E-state index contributed by atoms with van der Waals surface area (Å²) >= 11 is 6.09. The van der Waals surface area contributed by atoms with Crippen molar-refractivity contribution in [2.24, 2.45) is 0 Å². The van der Waals surface area contributed by atoms with E-state index in [1.807, 2.05) is 47.5 Å². The number of hydrogen-bond acceptors (Lipinski definition) is 3. The molecule has 35 heavy (non-hydrogen) atoms. The lowest BCUT2D eigenvalue weighted by molar-refractivity contribution is -0.118. The van der Waals surface area contributed by atoms with Crippen LogP contribution in [0.25, 0.3) is 10.9 Å². The molecule has 4 nitrogen and oxygen atoms in total. The number of anilines is 3. The Balaban J connectivity index is 1.13. The summed E-state index contributed by atoms with van der Waals surface area (Å²) in [4.78, 5) is 19.8. The molecular formula is C30H30ClN3O. The fourth-order valence-corrected chi connectivity index (χ4v) is 5.08. The van der Waals surface area contributed by atoms with Gasteiger partial charge in [0.1, 0.15) is 0 Å². The number of halogens is 1. The van der Waals surface area contributed by atoms with Gasteiger partial charge >= 0.3 is 0 Å². The molecule has 0 fully saturated rings. The maximum Gasteiger partial charge on any atom is 0.231 e. The van der Waals surface area contributed by atoms with Gasteiger partial charge in [-0.1, -0.05) is 60.8 Å². The first kappa shape index (κ1) is 23.4. The van der Waals surface area contributed by atoms with Crippen molar-refractivity contribution < 1.29 is 4.79 Å². The molecule has 0 saturated heterocycles. The van der Waals surface area contributed by atoms with Crippen LogP contribution in [0.2, 0.25) is 5.02 Å². The van der Waals surface area contributed by atoms with Gasteiger partial charge in [0.05, 0.1) is 16.9 Å². The summed E-state index contributed by atoms with van der Waals surface area (Å²) < 4.78 is 0. The number of nitrogens with one attached hydrogen (secondary N) is 1. The number of unbranched alkanes of at least 4 members (excludes halogenated alkanes) is 3. The smallest absolute Gasteiger partial charge is 0.231 e. The number of pyridine rings is 1. The van der Waals surface area contributed by atoms with Gasteiger partial charge in [-0.3, -0.25) is 14.7 Å². The average Bonchev–Trinajstić information content (AvgIpc) is 3.05. The number of fused-ring (bicyclic) bond motifs is 3. The highest BCUT2D eigenvalue weighted by Gasteiger charge is 2.24. The summed E-state index contributed by atoms with van der Waals surface area (Å²) in [5.74, 6) is 0.187. The van der Waals surface area contributed by atoms with Gasteiger partial charge < -0.3 is 5.32 Å². The number of benzene rings is 3. The summed E-state index contributed by atoms with van der Waals surface area (Å²) in [5.41, 5.74) is 6.55. The third kappa shape index (κ3) is 5.33. The number of amides is 1. The Bertz CT molecular complexity index is 1290. The fourth-order valence-electron chi connectivity index (χ4n) is 4.91. The lowest BCUT2D eigenvalue weighted by atomic mass is 10.0. The van der Waals surface area contributed by atoms with Crippen LogP contribution in [0.15, 0.2) is 79.0 Å². The Morgan fingerprint density at radius 2 is 1.54 bits per heavy atom. The monoisotopic (exact) mass is 483 g/mol. The minimum absolute atomic E-state index is 0.187. The molecule has 0 unspecified atom stereocenters. The third-order valence-corrected chi connectivity index (χ3v) is 6.95. The highest BCUT2D eigenvalue weighted by molar-refractivity contribution is 6.31. The van der Waals surface area contributed by atoms with Crippen LogP contribution in [0.5, 0.6) is 0 Å². The molecule has 178 valence electrons. The number of hydrogen-bond donors (Lipinski definition) is 1. The van der Waals surface area contributed by atoms with Crippen LogP contribution < -0.4 is 10.2 Å². The summed E-state index contributed by atoms with van der Waals surface area (Å²) in [6, 6.07) is 24.4. The summed E-state index contributed by atoms with van der Waals surface area (Å²) in [6.07, 6.45) is 8.38. The van der Waals surface area contributed by atoms with Gasteiger partial charge in [-0.05, 0) is 73.2 Å². The minimum Gasteiger partial charge on any atom is -0.384 e. The van der Waals surface area contributed by atoms with E-state index in [1.165, 1.54) is 11.1 Å². The number of carbonyl (C=O) groups is 1. The van der Waals surface area contributed by atoms with Gasteiger partial charge in [-0.15, -0.1) is 0 Å². The molecule has 1 aromatic heterocycles. The van der Waals surface area contributed by atoms with Crippen molar-refractivity contribution in [1.82, 2.24) is 4.98 Å². The van der Waals surface area contributed by atoms with Gasteiger partial charge in [-0.25, -0.2) is 0 Å². The quantitative estimate of drug-likeness (QED) is 0.261. The molecule has 0 aliphatic carbocycles. The molecular weight excluding hydrogens is 454 g/mol. The summed E-state index contributed by atoms with van der Waals surface area (Å²) in [5, 5.41) is 5.31. The van der Waals surface area contributed by atoms with Gasteiger partial charge in [0.25, 0.3) is 0 Å². The van der Waals surface area contributed by atoms with Crippen LogP contribution in [0.1, 0.15) is 43.2 Å². The molecule has 2 heterocycles. The highest BCUT2D eigenvalue weighted by atomic mass is 35.5. The lowest BCUT2D eigenvalue weighted by Gasteiger charge is -2.25. The van der Waals surface area contributed by atoms with Crippen LogP contribution in [0.4, 0.5) is 17.1 Å². The zero-order valence-corrected chi connectivity index (χ0v) is 20.6. The molecule has 1 N–H and O–H groups in total. The largest absolute Gasteiger partial charge is 0.384 e. The topological polar surface area (TPSA) is 45.2 Å². The van der Waals surface area contributed by atoms with Crippen LogP contribution in [-0.4, -0.2) is 17.4 Å². The van der Waals surface area contributed by atoms with Crippen molar-refractivity contribution in [2.75, 3.05) is 16.8 Å². The van der Waals surface area contributed by atoms with Crippen LogP contribution in [-0.2, 0) is 17.6 Å². The molecule has 0 radical (unpaired) electrons. The minimum atomic E-state index is 0.187. The van der Waals surface area contributed by atoms with Gasteiger partial charge in [-0.2, -0.15) is 0 Å². The predicted octanol–water partition coefficient (Wildman–Crippen LogP) is 7.71. The Morgan fingerprint density at radius 3 is 2.29 bits per heavy atom. The molecule has 0 saturated carbocycles. The molecule has 1 amide bonds. The zero-order chi connectivity index (χ0) is 24.0. The maximum atomic E-state index is 13.4. The Labute approximate surface area is 212 Å². The van der Waals surface area contributed by atoms with Crippen molar-refractivity contribution in [1.29, 1.82) is 0 Å². The van der Waals surface area contributed by atoms with Gasteiger partial charge in [0.2, 0.25) is 5.91 Å². The molecule has 4 aromatic rings. The van der Waals surface area contributed by atoms with Crippen molar-refractivity contribution >= 4 is 45.5 Å². The summed E-state index contributed by atoms with van der Waals surface area (Å²) in [6.45, 7) is 0.891. The van der Waals surface area contributed by atoms with E-state index in [4.69, 9.17) is 11.6 Å². The second-order valence-electron chi connectivity index (χ2n) is 9.10. The van der Waals surface area contributed by atoms with Gasteiger partial charge in [0.15, 0.2) is 0 Å². The molecule has 0 atom stereocenters. The highest BCUT2D eigenvalue weighted by Crippen LogP contribution is 2.36. The van der Waals surface area contributed by atoms with Gasteiger partial charge in [0, 0.05) is 35.3 Å². The molecule has 5 rings (SSSR count). The first-order valence-corrected chi connectivity index (χ1v) is 12.9. The van der Waals surface area contributed by atoms with E-state index in [0.29, 0.717) is 11.4 Å². The standard InChI is InChI=1S/C30H30ClN3O/c31-24-16-17-25-26(18-20-33-27(25)21-24)32-19-8-2-1-3-13-30(35)34-28-11-6-4-9-22(28)14-15-23-10-5-7-12-29(23)34/h4-7,9-12,16-18,20-21H,1-3,8,13-15,19H2,(H,32,33). The Kier molecular flexibility index (Phi) is 7.29. The normalized spacial score (nSPS) is 12.7. The van der Waals surface area contributed by atoms with E-state index < -0.39 is 0 Å². The number of para-hydroxylation sites is 2. The number of rotatable bonds is 8. The molecule has 0 bridgehead atoms. The molecule has 0 spiro atoms. The van der Waals surface area contributed by atoms with E-state index in [2.05, 4.69) is 46.7 Å². The lowest BCUT2D eigenvalue weighted by Crippen LogP contribution is -2.26. The van der Waals surface area contributed by atoms with Crippen LogP contribution in [0, 0.1) is 0 Å². The van der Waals surface area contributed by atoms with E-state index >= 15 is 0 Å². The number of carbonyl (C=O) groups excluding carboxylic acids is 1. The zero-order valence-electron chi connectivity index (χ0n) is 19.8. The maximum absolute atomic E-state index is 13.4. The number of nitrogens with zero attached hydrogens (tertiary/aromatic N) is 2. The fraction of sp³-hybridized carbons (Fsp3) is 0.267. The number of aryl methyl sites for hydroxylation is 2. The number of aromatic nitrogens is 1. The molecule has 3 aromatic carbocycles. The van der Waals surface area contributed by atoms with Crippen molar-refractivity contribution in [3.05, 3.63) is 95.1 Å². The van der Waals surface area contributed by atoms with E-state index in [0.717, 1.165) is 73.0 Å². The molecule has 1 aliphatic heterocycles. The molecule has 1 aliphatic rings. The predicted molar refractivity (Wildman–Crippen MR) is 146 cm³/mol. The van der Waals surface area contributed by atoms with Crippen molar-refractivity contribution in [3.8, 4) is 0 Å². The second kappa shape index (κ2) is 10.9. The third-order valence-electron chi connectivity index (χ3n) is 6.72. The molecule has 5 heteroatoms. The first-order valence-electron chi connectivity index (χ1n) is 12.5. The van der Waals surface area contributed by atoms with Crippen LogP contribution in [0.3, 0.4) is 0 Å². The van der Waals surface area contributed by atoms with Crippen molar-refractivity contribution in [3.63, 3.8) is 0 Å². The SMILES string of the molecule is O=C(CCCCCCNc1ccnc2cc(Cl)ccc12)N1c2ccccc2CCc2ccccc21. The Morgan fingerprint density at radius 1 is 0.857 bits per heavy atom. The van der Waals surface area contributed by atoms with E-state index in [9.17, 15) is 4.79 Å². The second-order valence-corrected chi connectivity index (χ2v) is 9.53. The first-order chi connectivity index (χ1) is 17.2. The average molecular weight is 484 g/mol. The van der Waals surface area contributed by atoms with E-state index in [1.54, 1.807) is 0 Å². The van der Waals surface area contributed by atoms with Crippen molar-refractivity contribution in [2.45, 2.75) is 44.9 Å².